The summed E-state index contributed by atoms with van der Waals surface area (Å²) in [5.41, 5.74) is 0. The number of rotatable bonds is 2. The van der Waals surface area contributed by atoms with E-state index in [1.54, 1.807) is 0 Å². The lowest BCUT2D eigenvalue weighted by Gasteiger charge is -2.14. The average Bonchev–Trinajstić information content (AvgIpc) is 1.65. The second-order valence-electron chi connectivity index (χ2n) is 1.66. The molecule has 0 heterocycles. The van der Waals surface area contributed by atoms with Crippen molar-refractivity contribution >= 4 is 8.80 Å². The molecular weight excluding hydrogens is 88.1 g/mol. The summed E-state index contributed by atoms with van der Waals surface area (Å²) in [6.07, 6.45) is 0. The van der Waals surface area contributed by atoms with E-state index in [4.69, 9.17) is 0 Å². The largest absolute Gasteiger partial charge is 0.264 e. The van der Waals surface area contributed by atoms with E-state index in [-0.39, 0.29) is 8.80 Å². The van der Waals surface area contributed by atoms with Crippen LogP contribution in [0.1, 0.15) is 13.8 Å². The fraction of sp³-hybridized carbons (Fsp3) is 1.00. The van der Waals surface area contributed by atoms with Gasteiger partial charge in [0.15, 0.2) is 0 Å². The van der Waals surface area contributed by atoms with E-state index in [0.717, 1.165) is 0 Å². The predicted molar refractivity (Wildman–Crippen MR) is 32.6 cm³/mol. The fourth-order valence-corrected chi connectivity index (χ4v) is 0.750. The van der Waals surface area contributed by atoms with Gasteiger partial charge in [-0.3, -0.25) is 8.80 Å². The van der Waals surface area contributed by atoms with Gasteiger partial charge in [0.2, 0.25) is 0 Å². The van der Waals surface area contributed by atoms with E-state index in [2.05, 4.69) is 20.4 Å². The predicted octanol–water partition coefficient (Wildman–Crippen LogP) is 2.15. The van der Waals surface area contributed by atoms with Crippen molar-refractivity contribution < 1.29 is 0 Å². The summed E-state index contributed by atoms with van der Waals surface area (Å²) in [5.74, 6) is 0. The molecule has 0 aliphatic carbocycles. The molecule has 0 radical (unpaired) electrons. The van der Waals surface area contributed by atoms with Crippen LogP contribution < -0.4 is 0 Å². The Kier molecular flexibility index (Phi) is 3.53. The Labute approximate surface area is 42.2 Å². The smallest absolute Gasteiger partial charge is 0.0954 e. The Morgan fingerprint density at radius 2 is 1.50 bits per heavy atom. The summed E-state index contributed by atoms with van der Waals surface area (Å²) < 4.78 is 0. The van der Waals surface area contributed by atoms with Crippen LogP contribution in [0.4, 0.5) is 0 Å². The van der Waals surface area contributed by atoms with Crippen molar-refractivity contribution in [1.29, 1.82) is 0 Å². The Hall–Kier alpha value is 0.217. The highest BCUT2D eigenvalue weighted by Crippen LogP contribution is 1.93. The van der Waals surface area contributed by atoms with Crippen molar-refractivity contribution in [2.75, 3.05) is 0 Å². The highest BCUT2D eigenvalue weighted by Gasteiger charge is 1.73. The average molecular weight is 101 g/mol. The van der Waals surface area contributed by atoms with Crippen LogP contribution in [0.3, 0.4) is 0 Å². The number of hydrogen-bond acceptors (Lipinski definition) is 0. The number of hydrogen-bond donors (Lipinski definition) is 0. The maximum absolute atomic E-state index is 2.38. The third kappa shape index (κ3) is 2.45. The zero-order valence-electron chi connectivity index (χ0n) is 4.91. The summed E-state index contributed by atoms with van der Waals surface area (Å²) in [5, 5.41) is 0. The third-order valence-electron chi connectivity index (χ3n) is 1.21. The Bertz CT molecular complexity index is 23.1. The zero-order chi connectivity index (χ0) is 4.99. The van der Waals surface area contributed by atoms with Crippen LogP contribution in [0.25, 0.3) is 0 Å². The van der Waals surface area contributed by atoms with Crippen molar-refractivity contribution in [2.45, 2.75) is 32.5 Å². The molecule has 0 atom stereocenters. The molecule has 0 fully saturated rings. The van der Waals surface area contributed by atoms with Crippen molar-refractivity contribution in [2.24, 2.45) is 0 Å². The van der Waals surface area contributed by atoms with E-state index in [1.807, 2.05) is 0 Å². The van der Waals surface area contributed by atoms with Gasteiger partial charge < -0.3 is 0 Å². The summed E-state index contributed by atoms with van der Waals surface area (Å²) in [7, 11) is 0.132. The topological polar surface area (TPSA) is 0 Å². The molecule has 0 aromatic heterocycles. The quantitative estimate of drug-likeness (QED) is 0.467. The fourth-order valence-electron chi connectivity index (χ4n) is 0.250. The molecule has 0 rings (SSSR count). The molecule has 0 aromatic rings. The first-order chi connectivity index (χ1) is 2.81. The Balaban J connectivity index is 2.75. The first-order valence-electron chi connectivity index (χ1n) is 2.62. The first-order valence-corrected chi connectivity index (χ1v) is 5.04. The van der Waals surface area contributed by atoms with E-state index in [0.29, 0.717) is 0 Å². The van der Waals surface area contributed by atoms with Crippen LogP contribution in [-0.2, 0) is 0 Å². The highest BCUT2D eigenvalue weighted by atomic mass is 28.3. The minimum Gasteiger partial charge on any atom is -0.264 e. The van der Waals surface area contributed by atoms with E-state index < -0.39 is 0 Å². The van der Waals surface area contributed by atoms with Crippen LogP contribution in [0, 0.1) is 0 Å². The molecule has 0 unspecified atom stereocenters. The molecule has 0 aliphatic rings. The second-order valence-corrected chi connectivity index (χ2v) is 4.99. The van der Waals surface area contributed by atoms with Gasteiger partial charge in [-0.15, -0.1) is 0 Å². The molecule has 0 nitrogen and oxygen atoms in total. The van der Waals surface area contributed by atoms with Gasteiger partial charge in [-0.1, -0.05) is 13.8 Å². The molecular formula is C5H13Si-. The van der Waals surface area contributed by atoms with Gasteiger partial charge in [-0.2, -0.15) is 18.6 Å². The van der Waals surface area contributed by atoms with Gasteiger partial charge in [0.05, 0.1) is 0 Å². The molecule has 1 heteroatoms. The monoisotopic (exact) mass is 101 g/mol. The first kappa shape index (κ1) is 6.22. The van der Waals surface area contributed by atoms with Gasteiger partial charge in [0, 0.05) is 0 Å². The summed E-state index contributed by atoms with van der Waals surface area (Å²) in [4.78, 5) is 0. The second kappa shape index (κ2) is 3.41. The lowest BCUT2D eigenvalue weighted by Crippen LogP contribution is -1.99. The van der Waals surface area contributed by atoms with Gasteiger partial charge in [0.1, 0.15) is 0 Å². The van der Waals surface area contributed by atoms with E-state index >= 15 is 0 Å². The molecule has 0 bridgehead atoms. The Morgan fingerprint density at radius 3 is 1.50 bits per heavy atom. The lowest BCUT2D eigenvalue weighted by atomic mass is 10.9. The SMILES string of the molecule is CC[Si-](C)CC. The van der Waals surface area contributed by atoms with Gasteiger partial charge in [-0.25, -0.2) is 0 Å². The van der Waals surface area contributed by atoms with Crippen LogP contribution in [0.5, 0.6) is 0 Å². The van der Waals surface area contributed by atoms with Crippen molar-refractivity contribution in [3.8, 4) is 0 Å². The van der Waals surface area contributed by atoms with Crippen LogP contribution in [0.15, 0.2) is 0 Å². The molecule has 0 amide bonds. The molecule has 38 valence electrons. The summed E-state index contributed by atoms with van der Waals surface area (Å²) >= 11 is 0. The van der Waals surface area contributed by atoms with Gasteiger partial charge in [-0.05, 0) is 0 Å². The lowest BCUT2D eigenvalue weighted by molar-refractivity contribution is 1.31. The Morgan fingerprint density at radius 1 is 1.17 bits per heavy atom. The van der Waals surface area contributed by atoms with Crippen molar-refractivity contribution in [3.63, 3.8) is 0 Å². The molecule has 0 spiro atoms. The van der Waals surface area contributed by atoms with Crippen molar-refractivity contribution in [3.05, 3.63) is 0 Å². The summed E-state index contributed by atoms with van der Waals surface area (Å²) in [6, 6.07) is 2.86. The molecule has 6 heavy (non-hydrogen) atoms. The molecule has 0 aliphatic heterocycles. The minimum atomic E-state index is 0.132. The normalized spacial score (nSPS) is 10.0. The molecule has 0 N–H and O–H groups in total. The maximum atomic E-state index is 2.38. The van der Waals surface area contributed by atoms with Crippen LogP contribution >= 0.6 is 0 Å². The molecule has 0 saturated carbocycles. The third-order valence-corrected chi connectivity index (χ3v) is 3.62. The highest BCUT2D eigenvalue weighted by molar-refractivity contribution is 6.56. The van der Waals surface area contributed by atoms with Crippen LogP contribution in [0.2, 0.25) is 18.6 Å². The van der Waals surface area contributed by atoms with E-state index in [9.17, 15) is 0 Å². The zero-order valence-corrected chi connectivity index (χ0v) is 5.91. The minimum absolute atomic E-state index is 0.132. The molecule has 0 aromatic carbocycles. The van der Waals surface area contributed by atoms with Crippen molar-refractivity contribution in [1.82, 2.24) is 0 Å². The summed E-state index contributed by atoms with van der Waals surface area (Å²) in [6.45, 7) is 6.93. The van der Waals surface area contributed by atoms with E-state index in [1.165, 1.54) is 12.1 Å². The van der Waals surface area contributed by atoms with Gasteiger partial charge >= 0.3 is 0 Å². The van der Waals surface area contributed by atoms with Crippen LogP contribution in [-0.4, -0.2) is 8.80 Å². The maximum Gasteiger partial charge on any atom is -0.0954 e. The molecule has 0 saturated heterocycles. The van der Waals surface area contributed by atoms with Gasteiger partial charge in [0.25, 0.3) is 0 Å². The standard InChI is InChI=1S/C5H13Si/c1-4-6(3)5-2/h4-5H2,1-3H3/q-1.